The first kappa shape index (κ1) is 31.5. The average molecular weight is 586 g/mol. The molecule has 41 heavy (non-hydrogen) atoms. The minimum Gasteiger partial charge on any atom is -0.492 e. The molecule has 0 saturated heterocycles. The standard InChI is InChI=1S/C29H35N3O8S/c1-29(2,3)40-28(35)24(25(38-5)27(34)31-4)32-41(36,37)23-14-13-20(26(30)33)17-22(23)39-16-15-19-11-8-10-18-9-6-7-12-21(18)19/h6-14,17,24-25,32H,15-16H2,1-5H3,(H2,30,33)(H,31,34). The van der Waals surface area contributed by atoms with Gasteiger partial charge >= 0.3 is 5.97 Å². The Morgan fingerprint density at radius 2 is 1.68 bits per heavy atom. The van der Waals surface area contributed by atoms with Gasteiger partial charge in [0.2, 0.25) is 15.9 Å². The number of fused-ring (bicyclic) bond motifs is 1. The van der Waals surface area contributed by atoms with Crippen LogP contribution in [0, 0.1) is 0 Å². The maximum Gasteiger partial charge on any atom is 0.327 e. The van der Waals surface area contributed by atoms with E-state index in [1.54, 1.807) is 20.8 Å². The van der Waals surface area contributed by atoms with Crippen molar-refractivity contribution >= 4 is 38.6 Å². The molecule has 0 bridgehead atoms. The third-order valence-corrected chi connectivity index (χ3v) is 7.51. The van der Waals surface area contributed by atoms with Crippen LogP contribution in [-0.4, -0.2) is 64.7 Å². The van der Waals surface area contributed by atoms with Crippen LogP contribution in [0.3, 0.4) is 0 Å². The number of benzene rings is 3. The van der Waals surface area contributed by atoms with E-state index in [0.717, 1.165) is 29.5 Å². The second-order valence-electron chi connectivity index (χ2n) is 10.2. The fraction of sp³-hybridized carbons (Fsp3) is 0.345. The maximum atomic E-state index is 13.7. The van der Waals surface area contributed by atoms with Gasteiger partial charge in [0, 0.05) is 26.1 Å². The van der Waals surface area contributed by atoms with E-state index in [-0.39, 0.29) is 22.8 Å². The van der Waals surface area contributed by atoms with Crippen molar-refractivity contribution < 1.29 is 37.0 Å². The predicted molar refractivity (Wildman–Crippen MR) is 153 cm³/mol. The van der Waals surface area contributed by atoms with Crippen molar-refractivity contribution in [1.29, 1.82) is 0 Å². The Kier molecular flexibility index (Phi) is 10.1. The van der Waals surface area contributed by atoms with Gasteiger partial charge in [-0.3, -0.25) is 14.4 Å². The van der Waals surface area contributed by atoms with Crippen molar-refractivity contribution in [3.63, 3.8) is 0 Å². The summed E-state index contributed by atoms with van der Waals surface area (Å²) in [5.74, 6) is -2.72. The van der Waals surface area contributed by atoms with Crippen LogP contribution in [0.1, 0.15) is 36.7 Å². The van der Waals surface area contributed by atoms with Crippen LogP contribution in [0.15, 0.2) is 65.6 Å². The number of amides is 2. The van der Waals surface area contributed by atoms with Gasteiger partial charge < -0.3 is 25.3 Å². The topological polar surface area (TPSA) is 163 Å². The fourth-order valence-corrected chi connectivity index (χ4v) is 5.45. The number of carbonyl (C=O) groups excluding carboxylic acids is 3. The summed E-state index contributed by atoms with van der Waals surface area (Å²) >= 11 is 0. The van der Waals surface area contributed by atoms with Crippen LogP contribution in [0.25, 0.3) is 10.8 Å². The lowest BCUT2D eigenvalue weighted by Crippen LogP contribution is -2.56. The summed E-state index contributed by atoms with van der Waals surface area (Å²) < 4.78 is 46.0. The summed E-state index contributed by atoms with van der Waals surface area (Å²) in [5, 5.41) is 4.42. The fourth-order valence-electron chi connectivity index (χ4n) is 4.14. The van der Waals surface area contributed by atoms with Crippen molar-refractivity contribution in [2.45, 2.75) is 49.8 Å². The number of rotatable bonds is 12. The molecule has 3 aromatic carbocycles. The van der Waals surface area contributed by atoms with Crippen molar-refractivity contribution in [3.8, 4) is 5.75 Å². The summed E-state index contributed by atoms with van der Waals surface area (Å²) in [4.78, 5) is 37.0. The smallest absolute Gasteiger partial charge is 0.327 e. The van der Waals surface area contributed by atoms with Gasteiger partial charge in [0.15, 0.2) is 12.1 Å². The SMILES string of the molecule is CNC(=O)C(OC)C(NS(=O)(=O)c1ccc(C(N)=O)cc1OCCc1cccc2ccccc12)C(=O)OC(C)(C)C. The first-order valence-electron chi connectivity index (χ1n) is 12.8. The summed E-state index contributed by atoms with van der Waals surface area (Å²) in [6.07, 6.45) is -1.12. The lowest BCUT2D eigenvalue weighted by molar-refractivity contribution is -0.163. The Hall–Kier alpha value is -4.00. The van der Waals surface area contributed by atoms with E-state index in [9.17, 15) is 22.8 Å². The molecule has 0 aliphatic heterocycles. The Balaban J connectivity index is 1.96. The van der Waals surface area contributed by atoms with Gasteiger partial charge in [-0.15, -0.1) is 0 Å². The number of nitrogens with one attached hydrogen (secondary N) is 2. The average Bonchev–Trinajstić information content (AvgIpc) is 2.91. The molecule has 2 atom stereocenters. The second kappa shape index (κ2) is 13.1. The monoisotopic (exact) mass is 585 g/mol. The molecule has 0 spiro atoms. The number of esters is 1. The Labute approximate surface area is 239 Å². The number of primary amides is 1. The van der Waals surface area contributed by atoms with Crippen LogP contribution in [-0.2, 0) is 35.5 Å². The molecule has 12 heteroatoms. The van der Waals surface area contributed by atoms with E-state index in [0.29, 0.717) is 6.42 Å². The zero-order chi connectivity index (χ0) is 30.4. The van der Waals surface area contributed by atoms with Crippen molar-refractivity contribution in [1.82, 2.24) is 10.0 Å². The molecular formula is C29H35N3O8S. The normalized spacial score (nSPS) is 13.3. The number of carbonyl (C=O) groups is 3. The molecule has 0 heterocycles. The van der Waals surface area contributed by atoms with Crippen LogP contribution in [0.4, 0.5) is 0 Å². The van der Waals surface area contributed by atoms with Gasteiger partial charge in [-0.1, -0.05) is 42.5 Å². The molecule has 0 radical (unpaired) electrons. The van der Waals surface area contributed by atoms with Crippen LogP contribution in [0.5, 0.6) is 5.75 Å². The van der Waals surface area contributed by atoms with Gasteiger partial charge in [0.1, 0.15) is 16.2 Å². The second-order valence-corrected chi connectivity index (χ2v) is 11.8. The van der Waals surface area contributed by atoms with Crippen molar-refractivity contribution in [3.05, 3.63) is 71.8 Å². The number of hydrogen-bond acceptors (Lipinski definition) is 8. The van der Waals surface area contributed by atoms with Gasteiger partial charge in [0.25, 0.3) is 5.91 Å². The third-order valence-electron chi connectivity index (χ3n) is 6.03. The highest BCUT2D eigenvalue weighted by Crippen LogP contribution is 2.27. The molecule has 4 N–H and O–H groups in total. The maximum absolute atomic E-state index is 13.7. The quantitative estimate of drug-likeness (QED) is 0.273. The number of nitrogens with two attached hydrogens (primary N) is 1. The molecule has 3 rings (SSSR count). The van der Waals surface area contributed by atoms with Crippen molar-refractivity contribution in [2.24, 2.45) is 5.73 Å². The summed E-state index contributed by atoms with van der Waals surface area (Å²) in [7, 11) is -2.07. The molecule has 0 saturated carbocycles. The first-order valence-corrected chi connectivity index (χ1v) is 14.3. The van der Waals surface area contributed by atoms with Crippen LogP contribution < -0.4 is 20.5 Å². The van der Waals surface area contributed by atoms with Gasteiger partial charge in [-0.05, 0) is 55.3 Å². The summed E-state index contributed by atoms with van der Waals surface area (Å²) in [6, 6.07) is 15.5. The van der Waals surface area contributed by atoms with Crippen molar-refractivity contribution in [2.75, 3.05) is 20.8 Å². The highest BCUT2D eigenvalue weighted by atomic mass is 32.2. The molecule has 11 nitrogen and oxygen atoms in total. The Bertz CT molecular complexity index is 1530. The molecular weight excluding hydrogens is 550 g/mol. The molecule has 2 unspecified atom stereocenters. The highest BCUT2D eigenvalue weighted by Gasteiger charge is 2.40. The van der Waals surface area contributed by atoms with E-state index in [1.807, 2.05) is 42.5 Å². The Morgan fingerprint density at radius 1 is 1.00 bits per heavy atom. The van der Waals surface area contributed by atoms with Gasteiger partial charge in [0.05, 0.1) is 6.61 Å². The molecule has 3 aromatic rings. The number of ether oxygens (including phenoxy) is 3. The molecule has 0 aliphatic carbocycles. The highest BCUT2D eigenvalue weighted by molar-refractivity contribution is 7.89. The summed E-state index contributed by atoms with van der Waals surface area (Å²) in [6.45, 7) is 4.86. The number of methoxy groups -OCH3 is 1. The predicted octanol–water partition coefficient (Wildman–Crippen LogP) is 2.31. The molecule has 220 valence electrons. The Morgan fingerprint density at radius 3 is 2.32 bits per heavy atom. The molecule has 2 amide bonds. The number of sulfonamides is 1. The van der Waals surface area contributed by atoms with E-state index in [2.05, 4.69) is 10.0 Å². The first-order chi connectivity index (χ1) is 19.3. The van der Waals surface area contributed by atoms with Crippen LogP contribution in [0.2, 0.25) is 0 Å². The summed E-state index contributed by atoms with van der Waals surface area (Å²) in [5.41, 5.74) is 5.45. The van der Waals surface area contributed by atoms with E-state index in [4.69, 9.17) is 19.9 Å². The minimum absolute atomic E-state index is 0.0212. The van der Waals surface area contributed by atoms with E-state index >= 15 is 0 Å². The zero-order valence-electron chi connectivity index (χ0n) is 23.6. The number of hydrogen-bond donors (Lipinski definition) is 3. The number of likely N-dealkylation sites (N-methyl/N-ethyl adjacent to an activating group) is 1. The minimum atomic E-state index is -4.55. The molecule has 0 aromatic heterocycles. The van der Waals surface area contributed by atoms with Gasteiger partial charge in [-0.2, -0.15) is 4.72 Å². The lowest BCUT2D eigenvalue weighted by atomic mass is 10.0. The third kappa shape index (κ3) is 8.03. The lowest BCUT2D eigenvalue weighted by Gasteiger charge is -2.28. The largest absolute Gasteiger partial charge is 0.492 e. The molecule has 0 aliphatic rings. The van der Waals surface area contributed by atoms with E-state index in [1.165, 1.54) is 19.2 Å². The zero-order valence-corrected chi connectivity index (χ0v) is 24.4. The van der Waals surface area contributed by atoms with Crippen LogP contribution >= 0.6 is 0 Å². The molecule has 0 fully saturated rings. The van der Waals surface area contributed by atoms with E-state index < -0.39 is 45.6 Å². The van der Waals surface area contributed by atoms with Gasteiger partial charge in [-0.25, -0.2) is 8.42 Å².